The second kappa shape index (κ2) is 12.3. The van der Waals surface area contributed by atoms with Crippen LogP contribution in [0.1, 0.15) is 31.4 Å². The summed E-state index contributed by atoms with van der Waals surface area (Å²) in [6.07, 6.45) is -0.263. The first-order valence-corrected chi connectivity index (χ1v) is 9.55. The first-order chi connectivity index (χ1) is 13.6. The standard InChI is InChI=1S/C23H30O5/c1-18(19(2)28-17-26-15-20-10-6-4-7-11-20)22(14-23(24)25-3)27-16-21-12-8-5-9-13-21/h4-13,18-19,22H,14-17H2,1-3H3/t18-,19+,22-/m1/s1. The van der Waals surface area contributed by atoms with Gasteiger partial charge in [-0.25, -0.2) is 0 Å². The zero-order chi connectivity index (χ0) is 20.2. The van der Waals surface area contributed by atoms with E-state index in [2.05, 4.69) is 0 Å². The third-order valence-corrected chi connectivity index (χ3v) is 4.76. The van der Waals surface area contributed by atoms with Crippen LogP contribution in [0, 0.1) is 5.92 Å². The minimum Gasteiger partial charge on any atom is -0.469 e. The van der Waals surface area contributed by atoms with Crippen molar-refractivity contribution in [2.24, 2.45) is 5.92 Å². The summed E-state index contributed by atoms with van der Waals surface area (Å²) in [4.78, 5) is 11.8. The molecule has 2 aromatic carbocycles. The zero-order valence-corrected chi connectivity index (χ0v) is 16.9. The average Bonchev–Trinajstić information content (AvgIpc) is 2.74. The summed E-state index contributed by atoms with van der Waals surface area (Å²) in [7, 11) is 1.39. The van der Waals surface area contributed by atoms with E-state index in [1.807, 2.05) is 74.5 Å². The molecule has 0 aliphatic rings. The maximum Gasteiger partial charge on any atom is 0.308 e. The molecule has 0 radical (unpaired) electrons. The van der Waals surface area contributed by atoms with Crippen molar-refractivity contribution in [1.82, 2.24) is 0 Å². The molecule has 0 aliphatic carbocycles. The van der Waals surface area contributed by atoms with E-state index in [1.54, 1.807) is 0 Å². The molecule has 5 nitrogen and oxygen atoms in total. The van der Waals surface area contributed by atoms with Crippen LogP contribution in [0.2, 0.25) is 0 Å². The molecule has 0 aliphatic heterocycles. The molecule has 0 fully saturated rings. The summed E-state index contributed by atoms with van der Waals surface area (Å²) in [5.41, 5.74) is 2.16. The van der Waals surface area contributed by atoms with Crippen LogP contribution in [0.15, 0.2) is 60.7 Å². The molecule has 0 spiro atoms. The lowest BCUT2D eigenvalue weighted by molar-refractivity contribution is -0.151. The van der Waals surface area contributed by atoms with Crippen LogP contribution in [0.4, 0.5) is 0 Å². The third kappa shape index (κ3) is 7.80. The van der Waals surface area contributed by atoms with Crippen molar-refractivity contribution in [3.63, 3.8) is 0 Å². The lowest BCUT2D eigenvalue weighted by Crippen LogP contribution is -2.34. The minimum atomic E-state index is -0.309. The first kappa shape index (κ1) is 22.1. The maximum absolute atomic E-state index is 11.8. The Kier molecular flexibility index (Phi) is 9.69. The Morgan fingerprint density at radius 2 is 1.43 bits per heavy atom. The number of carbonyl (C=O) groups excluding carboxylic acids is 1. The number of ether oxygens (including phenoxy) is 4. The van der Waals surface area contributed by atoms with E-state index < -0.39 is 0 Å². The number of methoxy groups -OCH3 is 1. The van der Waals surface area contributed by atoms with Crippen molar-refractivity contribution in [2.75, 3.05) is 13.9 Å². The van der Waals surface area contributed by atoms with Gasteiger partial charge in [-0.15, -0.1) is 0 Å². The van der Waals surface area contributed by atoms with Gasteiger partial charge in [-0.1, -0.05) is 67.6 Å². The highest BCUT2D eigenvalue weighted by Gasteiger charge is 2.27. The van der Waals surface area contributed by atoms with Gasteiger partial charge in [-0.3, -0.25) is 4.79 Å². The number of carbonyl (C=O) groups is 1. The monoisotopic (exact) mass is 386 g/mol. The van der Waals surface area contributed by atoms with Crippen molar-refractivity contribution in [3.05, 3.63) is 71.8 Å². The molecule has 0 unspecified atom stereocenters. The molecule has 0 bridgehead atoms. The van der Waals surface area contributed by atoms with E-state index in [9.17, 15) is 4.79 Å². The first-order valence-electron chi connectivity index (χ1n) is 9.55. The van der Waals surface area contributed by atoms with Gasteiger partial charge in [0.05, 0.1) is 39.0 Å². The largest absolute Gasteiger partial charge is 0.469 e. The van der Waals surface area contributed by atoms with E-state index >= 15 is 0 Å². The topological polar surface area (TPSA) is 54.0 Å². The summed E-state index contributed by atoms with van der Waals surface area (Å²) in [6, 6.07) is 19.8. The Bertz CT molecular complexity index is 674. The predicted molar refractivity (Wildman–Crippen MR) is 107 cm³/mol. The Morgan fingerprint density at radius 3 is 2.00 bits per heavy atom. The highest BCUT2D eigenvalue weighted by Crippen LogP contribution is 2.20. The van der Waals surface area contributed by atoms with Gasteiger partial charge < -0.3 is 18.9 Å². The predicted octanol–water partition coefficient (Wildman–Crippen LogP) is 4.35. The van der Waals surface area contributed by atoms with E-state index in [0.717, 1.165) is 11.1 Å². The Balaban J connectivity index is 1.82. The molecule has 0 N–H and O–H groups in total. The van der Waals surface area contributed by atoms with Gasteiger partial charge in [0.25, 0.3) is 0 Å². The van der Waals surface area contributed by atoms with Gasteiger partial charge in [-0.2, -0.15) is 0 Å². The fourth-order valence-electron chi connectivity index (χ4n) is 2.76. The second-order valence-electron chi connectivity index (χ2n) is 6.80. The van der Waals surface area contributed by atoms with Gasteiger partial charge in [0.1, 0.15) is 6.79 Å². The Morgan fingerprint density at radius 1 is 0.857 bits per heavy atom. The van der Waals surface area contributed by atoms with Crippen molar-refractivity contribution < 1.29 is 23.7 Å². The minimum absolute atomic E-state index is 0.0110. The van der Waals surface area contributed by atoms with Crippen LogP contribution in [-0.4, -0.2) is 32.1 Å². The van der Waals surface area contributed by atoms with E-state index in [0.29, 0.717) is 13.2 Å². The SMILES string of the molecule is COC(=O)C[C@@H](OCc1ccccc1)[C@H](C)[C@H](C)OCOCc1ccccc1. The lowest BCUT2D eigenvalue weighted by Gasteiger charge is -2.28. The second-order valence-corrected chi connectivity index (χ2v) is 6.80. The maximum atomic E-state index is 11.8. The van der Waals surface area contributed by atoms with Crippen LogP contribution in [0.5, 0.6) is 0 Å². The summed E-state index contributed by atoms with van der Waals surface area (Å²) in [5, 5.41) is 0. The number of rotatable bonds is 12. The molecule has 5 heteroatoms. The third-order valence-electron chi connectivity index (χ3n) is 4.76. The molecule has 3 atom stereocenters. The highest BCUT2D eigenvalue weighted by molar-refractivity contribution is 5.69. The zero-order valence-electron chi connectivity index (χ0n) is 16.9. The number of esters is 1. The summed E-state index contributed by atoms with van der Waals surface area (Å²) < 4.78 is 22.3. The molecule has 152 valence electrons. The quantitative estimate of drug-likeness (QED) is 0.308. The van der Waals surface area contributed by atoms with Gasteiger partial charge in [0, 0.05) is 5.92 Å². The normalized spacial score (nSPS) is 14.2. The van der Waals surface area contributed by atoms with Crippen LogP contribution in [-0.2, 0) is 37.0 Å². The molecule has 0 amide bonds. The fourth-order valence-corrected chi connectivity index (χ4v) is 2.76. The number of hydrogen-bond donors (Lipinski definition) is 0. The van der Waals surface area contributed by atoms with E-state index in [1.165, 1.54) is 7.11 Å². The highest BCUT2D eigenvalue weighted by atomic mass is 16.7. The van der Waals surface area contributed by atoms with E-state index in [-0.39, 0.29) is 37.3 Å². The number of hydrogen-bond acceptors (Lipinski definition) is 5. The van der Waals surface area contributed by atoms with Crippen LogP contribution in [0.3, 0.4) is 0 Å². The van der Waals surface area contributed by atoms with Crippen molar-refractivity contribution in [3.8, 4) is 0 Å². The Labute approximate surface area is 167 Å². The molecule has 0 aromatic heterocycles. The lowest BCUT2D eigenvalue weighted by atomic mass is 9.96. The van der Waals surface area contributed by atoms with Crippen LogP contribution in [0.25, 0.3) is 0 Å². The molecule has 2 rings (SSSR count). The van der Waals surface area contributed by atoms with Crippen LogP contribution < -0.4 is 0 Å². The van der Waals surface area contributed by atoms with Crippen LogP contribution >= 0.6 is 0 Å². The molecule has 2 aromatic rings. The molecule has 0 saturated carbocycles. The summed E-state index contributed by atoms with van der Waals surface area (Å²) in [6.45, 7) is 5.10. The van der Waals surface area contributed by atoms with E-state index in [4.69, 9.17) is 18.9 Å². The Hall–Kier alpha value is -2.21. The van der Waals surface area contributed by atoms with Crippen molar-refractivity contribution >= 4 is 5.97 Å². The molecule has 0 saturated heterocycles. The smallest absolute Gasteiger partial charge is 0.308 e. The average molecular weight is 386 g/mol. The van der Waals surface area contributed by atoms with Gasteiger partial charge >= 0.3 is 5.97 Å². The van der Waals surface area contributed by atoms with Gasteiger partial charge in [0.15, 0.2) is 0 Å². The summed E-state index contributed by atoms with van der Waals surface area (Å²) in [5.74, 6) is -0.305. The van der Waals surface area contributed by atoms with Gasteiger partial charge in [0.2, 0.25) is 0 Å². The molecular weight excluding hydrogens is 356 g/mol. The molecule has 28 heavy (non-hydrogen) atoms. The fraction of sp³-hybridized carbons (Fsp3) is 0.435. The summed E-state index contributed by atoms with van der Waals surface area (Å²) >= 11 is 0. The number of benzene rings is 2. The van der Waals surface area contributed by atoms with Crippen molar-refractivity contribution in [1.29, 1.82) is 0 Å². The molecular formula is C23H30O5. The molecule has 0 heterocycles. The van der Waals surface area contributed by atoms with Gasteiger partial charge in [-0.05, 0) is 18.1 Å². The van der Waals surface area contributed by atoms with Crippen molar-refractivity contribution in [2.45, 2.75) is 45.7 Å².